The fourth-order valence-electron chi connectivity index (χ4n) is 7.14. The molecule has 0 unspecified atom stereocenters. The van der Waals surface area contributed by atoms with Gasteiger partial charge in [-0.05, 0) is 103 Å². The van der Waals surface area contributed by atoms with E-state index in [0.717, 1.165) is 23.3 Å². The summed E-state index contributed by atoms with van der Waals surface area (Å²) in [5.41, 5.74) is 3.74. The molecule has 1 saturated heterocycles. The first-order valence-electron chi connectivity index (χ1n) is 14.2. The molecule has 202 valence electrons. The van der Waals surface area contributed by atoms with E-state index < -0.39 is 0 Å². The molecule has 5 aliphatic rings. The van der Waals surface area contributed by atoms with Crippen LogP contribution in [0.5, 0.6) is 11.5 Å². The van der Waals surface area contributed by atoms with Crippen LogP contribution in [0.2, 0.25) is 0 Å². The zero-order chi connectivity index (χ0) is 27.7. The lowest BCUT2D eigenvalue weighted by molar-refractivity contribution is -0.124. The second-order valence-electron chi connectivity index (χ2n) is 12.0. The molecule has 2 bridgehead atoms. The largest absolute Gasteiger partial charge is 0.457 e. The number of nitrogens with zero attached hydrogens (tertiary/aromatic N) is 1. The molecule has 0 radical (unpaired) electrons. The van der Waals surface area contributed by atoms with Gasteiger partial charge in [-0.15, -0.1) is 0 Å². The van der Waals surface area contributed by atoms with Gasteiger partial charge in [0.05, 0.1) is 17.5 Å². The van der Waals surface area contributed by atoms with Crippen molar-refractivity contribution >= 4 is 29.1 Å². The van der Waals surface area contributed by atoms with Gasteiger partial charge < -0.3 is 10.1 Å². The normalized spacial score (nSPS) is 27.6. The molecular weight excluding hydrogens is 500 g/mol. The fraction of sp³-hybridized carbons (Fsp3) is 0.324. The van der Waals surface area contributed by atoms with Gasteiger partial charge in [-0.1, -0.05) is 44.2 Å². The van der Waals surface area contributed by atoms with Crippen LogP contribution in [-0.2, 0) is 9.59 Å². The molecular formula is C34H32N2O4. The highest BCUT2D eigenvalue weighted by molar-refractivity contribution is 6.23. The molecule has 2 saturated carbocycles. The van der Waals surface area contributed by atoms with Crippen LogP contribution >= 0.6 is 0 Å². The van der Waals surface area contributed by atoms with E-state index in [9.17, 15) is 14.4 Å². The Hall–Kier alpha value is -4.19. The molecule has 3 fully saturated rings. The second-order valence-corrected chi connectivity index (χ2v) is 12.0. The summed E-state index contributed by atoms with van der Waals surface area (Å²) >= 11 is 0. The third-order valence-corrected chi connectivity index (χ3v) is 9.16. The molecule has 4 aliphatic carbocycles. The summed E-state index contributed by atoms with van der Waals surface area (Å²) in [5, 5.41) is 2.92. The smallest absolute Gasteiger partial charge is 0.255 e. The van der Waals surface area contributed by atoms with E-state index in [1.807, 2.05) is 25.1 Å². The Morgan fingerprint density at radius 2 is 1.57 bits per heavy atom. The van der Waals surface area contributed by atoms with Crippen LogP contribution in [0.25, 0.3) is 0 Å². The highest BCUT2D eigenvalue weighted by atomic mass is 16.5. The average molecular weight is 533 g/mol. The van der Waals surface area contributed by atoms with Gasteiger partial charge in [0.25, 0.3) is 5.91 Å². The highest BCUT2D eigenvalue weighted by Crippen LogP contribution is 2.65. The number of amides is 3. The Morgan fingerprint density at radius 3 is 2.23 bits per heavy atom. The zero-order valence-corrected chi connectivity index (χ0v) is 22.8. The summed E-state index contributed by atoms with van der Waals surface area (Å²) in [6.45, 7) is 6.31. The molecule has 1 aliphatic heterocycles. The second kappa shape index (κ2) is 9.19. The Labute approximate surface area is 234 Å². The molecule has 6 nitrogen and oxygen atoms in total. The molecule has 0 spiro atoms. The van der Waals surface area contributed by atoms with Crippen LogP contribution < -0.4 is 15.0 Å². The molecule has 1 heterocycles. The number of benzene rings is 3. The number of nitrogens with one attached hydrogen (secondary N) is 1. The van der Waals surface area contributed by atoms with Crippen molar-refractivity contribution in [3.05, 3.63) is 95.6 Å². The third kappa shape index (κ3) is 3.96. The van der Waals surface area contributed by atoms with Crippen LogP contribution in [0.15, 0.2) is 78.9 Å². The number of anilines is 2. The maximum absolute atomic E-state index is 13.5. The lowest BCUT2D eigenvalue weighted by Crippen LogP contribution is -2.40. The number of carbonyl (C=O) groups is 3. The fourth-order valence-corrected chi connectivity index (χ4v) is 7.14. The Balaban J connectivity index is 1.06. The zero-order valence-electron chi connectivity index (χ0n) is 22.8. The summed E-state index contributed by atoms with van der Waals surface area (Å²) in [5.74, 6) is 2.20. The van der Waals surface area contributed by atoms with Crippen molar-refractivity contribution in [2.24, 2.45) is 35.5 Å². The minimum Gasteiger partial charge on any atom is -0.457 e. The van der Waals surface area contributed by atoms with Crippen LogP contribution in [-0.4, -0.2) is 17.7 Å². The van der Waals surface area contributed by atoms with Gasteiger partial charge in [0.1, 0.15) is 11.5 Å². The summed E-state index contributed by atoms with van der Waals surface area (Å²) in [7, 11) is 0. The number of hydrogen-bond donors (Lipinski definition) is 1. The Kier molecular flexibility index (Phi) is 5.70. The first kappa shape index (κ1) is 24.8. The number of allylic oxidation sites excluding steroid dienone is 2. The quantitative estimate of drug-likeness (QED) is 0.282. The van der Waals surface area contributed by atoms with E-state index in [4.69, 9.17) is 4.74 Å². The molecule has 8 rings (SSSR count). The Morgan fingerprint density at radius 1 is 0.900 bits per heavy atom. The van der Waals surface area contributed by atoms with Gasteiger partial charge in [-0.2, -0.15) is 0 Å². The van der Waals surface area contributed by atoms with E-state index in [0.29, 0.717) is 40.4 Å². The van der Waals surface area contributed by atoms with Crippen LogP contribution in [0, 0.1) is 42.4 Å². The number of imide groups is 1. The molecule has 40 heavy (non-hydrogen) atoms. The van der Waals surface area contributed by atoms with E-state index >= 15 is 0 Å². The van der Waals surface area contributed by atoms with Crippen LogP contribution in [0.3, 0.4) is 0 Å². The number of aryl methyl sites for hydroxylation is 1. The van der Waals surface area contributed by atoms with Crippen molar-refractivity contribution in [1.29, 1.82) is 0 Å². The molecule has 3 aromatic carbocycles. The molecule has 6 atom stereocenters. The van der Waals surface area contributed by atoms with Gasteiger partial charge in [0.2, 0.25) is 11.8 Å². The standard InChI is InChI=1S/C34H32N2O4/c1-18(2)24-12-7-19(3)15-29(24)40-23-10-8-21(9-11-23)35-32(37)20-5-4-6-22(16-20)36-33(38)30-25-13-14-26(28-17-27(25)28)31(30)34(36)39/h4-16,18,25-28,30-31H,17H2,1-3H3,(H,35,37)/t25-,26-,27-,28+,30+,31+/m0/s1. The minimum atomic E-state index is -0.309. The number of carbonyl (C=O) groups excluding carboxylic acids is 3. The monoisotopic (exact) mass is 532 g/mol. The van der Waals surface area contributed by atoms with Gasteiger partial charge >= 0.3 is 0 Å². The lowest BCUT2D eigenvalue weighted by Gasteiger charge is -2.37. The predicted molar refractivity (Wildman–Crippen MR) is 153 cm³/mol. The molecule has 6 heteroatoms. The van der Waals surface area contributed by atoms with Gasteiger partial charge in [0.15, 0.2) is 0 Å². The third-order valence-electron chi connectivity index (χ3n) is 9.16. The van der Waals surface area contributed by atoms with Gasteiger partial charge in [-0.3, -0.25) is 14.4 Å². The van der Waals surface area contributed by atoms with Crippen LogP contribution in [0.1, 0.15) is 47.7 Å². The topological polar surface area (TPSA) is 75.7 Å². The summed E-state index contributed by atoms with van der Waals surface area (Å²) < 4.78 is 6.17. The van der Waals surface area contributed by atoms with E-state index in [1.54, 1.807) is 36.4 Å². The summed E-state index contributed by atoms with van der Waals surface area (Å²) in [6, 6.07) is 20.3. The van der Waals surface area contributed by atoms with Crippen molar-refractivity contribution in [2.75, 3.05) is 10.2 Å². The van der Waals surface area contributed by atoms with Crippen molar-refractivity contribution in [1.82, 2.24) is 0 Å². The highest BCUT2D eigenvalue weighted by Gasteiger charge is 2.67. The first-order valence-corrected chi connectivity index (χ1v) is 14.2. The van der Waals surface area contributed by atoms with Crippen molar-refractivity contribution in [3.8, 4) is 11.5 Å². The molecule has 3 amide bonds. The predicted octanol–water partition coefficient (Wildman–Crippen LogP) is 6.72. The Bertz CT molecular complexity index is 1540. The molecule has 1 N–H and O–H groups in total. The van der Waals surface area contributed by atoms with E-state index in [1.165, 1.54) is 4.90 Å². The number of ether oxygens (including phenoxy) is 1. The van der Waals surface area contributed by atoms with Gasteiger partial charge in [0, 0.05) is 11.3 Å². The van der Waals surface area contributed by atoms with Crippen molar-refractivity contribution in [2.45, 2.75) is 33.1 Å². The summed E-state index contributed by atoms with van der Waals surface area (Å²) in [4.78, 5) is 41.4. The van der Waals surface area contributed by atoms with Crippen molar-refractivity contribution in [3.63, 3.8) is 0 Å². The lowest BCUT2D eigenvalue weighted by atomic mass is 9.63. The maximum Gasteiger partial charge on any atom is 0.255 e. The molecule has 3 aromatic rings. The SMILES string of the molecule is Cc1ccc(C(C)C)c(Oc2ccc(NC(=O)c3cccc(N4C(=O)[C@@H]5[C@H]6C=C[C@@H]([C@@H]7C[C@H]67)[C@H]5C4=O)c3)cc2)c1. The first-order chi connectivity index (χ1) is 19.3. The average Bonchev–Trinajstić information content (AvgIpc) is 3.72. The molecule has 0 aromatic heterocycles. The van der Waals surface area contributed by atoms with Crippen LogP contribution in [0.4, 0.5) is 11.4 Å². The summed E-state index contributed by atoms with van der Waals surface area (Å²) in [6.07, 6.45) is 5.46. The minimum absolute atomic E-state index is 0.123. The number of hydrogen-bond acceptors (Lipinski definition) is 4. The van der Waals surface area contributed by atoms with E-state index in [2.05, 4.69) is 43.4 Å². The number of rotatable bonds is 6. The van der Waals surface area contributed by atoms with E-state index in [-0.39, 0.29) is 41.4 Å². The van der Waals surface area contributed by atoms with Crippen molar-refractivity contribution < 1.29 is 19.1 Å². The van der Waals surface area contributed by atoms with Gasteiger partial charge in [-0.25, -0.2) is 4.90 Å². The maximum atomic E-state index is 13.5.